The number of halogens is 1. The average Bonchev–Trinajstić information content (AvgIpc) is 2.34. The van der Waals surface area contributed by atoms with Crippen LogP contribution in [-0.2, 0) is 16.0 Å². The molecule has 0 bridgehead atoms. The Morgan fingerprint density at radius 1 is 1.53 bits per heavy atom. The van der Waals surface area contributed by atoms with Gasteiger partial charge >= 0.3 is 0 Å². The molecule has 0 saturated heterocycles. The van der Waals surface area contributed by atoms with Gasteiger partial charge in [0, 0.05) is 26.7 Å². The van der Waals surface area contributed by atoms with Crippen LogP contribution in [0.4, 0.5) is 4.39 Å². The molecular formula is C14H20FNO3. The van der Waals surface area contributed by atoms with Crippen LogP contribution >= 0.6 is 0 Å². The smallest absolute Gasteiger partial charge is 0.224 e. The molecule has 1 amide bonds. The maximum Gasteiger partial charge on any atom is 0.224 e. The van der Waals surface area contributed by atoms with Crippen LogP contribution in [0.3, 0.4) is 0 Å². The van der Waals surface area contributed by atoms with Crippen LogP contribution in [0.15, 0.2) is 24.3 Å². The quantitative estimate of drug-likeness (QED) is 0.783. The topological polar surface area (TPSA) is 58.6 Å². The highest BCUT2D eigenvalue weighted by molar-refractivity contribution is 5.78. The van der Waals surface area contributed by atoms with Gasteiger partial charge in [0.15, 0.2) is 0 Å². The van der Waals surface area contributed by atoms with Crippen molar-refractivity contribution in [2.45, 2.75) is 25.4 Å². The van der Waals surface area contributed by atoms with Crippen molar-refractivity contribution in [1.29, 1.82) is 0 Å². The van der Waals surface area contributed by atoms with Crippen LogP contribution in [-0.4, -0.2) is 36.9 Å². The van der Waals surface area contributed by atoms with Crippen LogP contribution in [0.2, 0.25) is 0 Å². The number of carbonyl (C=O) groups is 1. The third-order valence-electron chi connectivity index (χ3n) is 2.76. The van der Waals surface area contributed by atoms with Crippen LogP contribution in [0.5, 0.6) is 0 Å². The molecule has 0 radical (unpaired) electrons. The molecule has 0 heterocycles. The zero-order valence-electron chi connectivity index (χ0n) is 11.3. The number of hydrogen-bond acceptors (Lipinski definition) is 3. The first-order valence-corrected chi connectivity index (χ1v) is 6.15. The van der Waals surface area contributed by atoms with Gasteiger partial charge < -0.3 is 15.2 Å². The summed E-state index contributed by atoms with van der Waals surface area (Å²) in [5.74, 6) is -0.610. The van der Waals surface area contributed by atoms with E-state index in [2.05, 4.69) is 5.32 Å². The molecule has 1 rings (SSSR count). The van der Waals surface area contributed by atoms with E-state index in [1.807, 2.05) is 0 Å². The maximum atomic E-state index is 12.9. The molecule has 19 heavy (non-hydrogen) atoms. The Morgan fingerprint density at radius 2 is 2.26 bits per heavy atom. The lowest BCUT2D eigenvalue weighted by Crippen LogP contribution is -2.41. The highest BCUT2D eigenvalue weighted by atomic mass is 19.1. The second kappa shape index (κ2) is 7.21. The second-order valence-electron chi connectivity index (χ2n) is 4.82. The molecule has 1 atom stereocenters. The third kappa shape index (κ3) is 6.31. The Hall–Kier alpha value is -1.46. The fourth-order valence-electron chi connectivity index (χ4n) is 1.59. The number of benzene rings is 1. The Labute approximate surface area is 112 Å². The minimum atomic E-state index is -1.01. The fourth-order valence-corrected chi connectivity index (χ4v) is 1.59. The molecule has 1 aromatic rings. The molecule has 0 spiro atoms. The van der Waals surface area contributed by atoms with Crippen molar-refractivity contribution in [3.05, 3.63) is 35.6 Å². The van der Waals surface area contributed by atoms with Crippen molar-refractivity contribution >= 4 is 5.91 Å². The Balaban J connectivity index is 2.39. The van der Waals surface area contributed by atoms with Crippen molar-refractivity contribution in [2.75, 3.05) is 20.3 Å². The lowest BCUT2D eigenvalue weighted by Gasteiger charge is -2.23. The van der Waals surface area contributed by atoms with Crippen molar-refractivity contribution < 1.29 is 19.0 Å². The second-order valence-corrected chi connectivity index (χ2v) is 4.82. The van der Waals surface area contributed by atoms with E-state index in [4.69, 9.17) is 4.74 Å². The first-order chi connectivity index (χ1) is 8.93. The molecule has 1 aromatic carbocycles. The SMILES string of the molecule is COCCC(C)(O)CNC(=O)Cc1cccc(F)c1. The summed E-state index contributed by atoms with van der Waals surface area (Å²) in [7, 11) is 1.55. The molecule has 106 valence electrons. The maximum absolute atomic E-state index is 12.9. The first-order valence-electron chi connectivity index (χ1n) is 6.15. The van der Waals surface area contributed by atoms with E-state index in [1.165, 1.54) is 12.1 Å². The van der Waals surface area contributed by atoms with E-state index in [9.17, 15) is 14.3 Å². The van der Waals surface area contributed by atoms with Crippen molar-refractivity contribution in [3.63, 3.8) is 0 Å². The molecular weight excluding hydrogens is 249 g/mol. The van der Waals surface area contributed by atoms with Crippen molar-refractivity contribution in [1.82, 2.24) is 5.32 Å². The number of ether oxygens (including phenoxy) is 1. The molecule has 0 fully saturated rings. The van der Waals surface area contributed by atoms with Gasteiger partial charge in [-0.25, -0.2) is 4.39 Å². The monoisotopic (exact) mass is 269 g/mol. The van der Waals surface area contributed by atoms with Gasteiger partial charge in [-0.1, -0.05) is 12.1 Å². The van der Waals surface area contributed by atoms with E-state index >= 15 is 0 Å². The summed E-state index contributed by atoms with van der Waals surface area (Å²) in [4.78, 5) is 11.7. The van der Waals surface area contributed by atoms with Gasteiger partial charge in [-0.3, -0.25) is 4.79 Å². The Morgan fingerprint density at radius 3 is 2.89 bits per heavy atom. The first kappa shape index (κ1) is 15.6. The summed E-state index contributed by atoms with van der Waals surface area (Å²) in [5, 5.41) is 12.6. The Bertz CT molecular complexity index is 421. The Kier molecular flexibility index (Phi) is 5.92. The minimum absolute atomic E-state index is 0.0954. The van der Waals surface area contributed by atoms with E-state index < -0.39 is 5.60 Å². The average molecular weight is 269 g/mol. The van der Waals surface area contributed by atoms with Gasteiger partial charge in [-0.05, 0) is 24.6 Å². The fraction of sp³-hybridized carbons (Fsp3) is 0.500. The number of methoxy groups -OCH3 is 1. The van der Waals surface area contributed by atoms with E-state index in [0.29, 0.717) is 18.6 Å². The number of carbonyl (C=O) groups excluding carboxylic acids is 1. The summed E-state index contributed by atoms with van der Waals surface area (Å²) < 4.78 is 17.8. The summed E-state index contributed by atoms with van der Waals surface area (Å²) in [5.41, 5.74) is -0.401. The normalized spacial score (nSPS) is 13.9. The molecule has 1 unspecified atom stereocenters. The van der Waals surface area contributed by atoms with Gasteiger partial charge in [-0.15, -0.1) is 0 Å². The van der Waals surface area contributed by atoms with E-state index in [-0.39, 0.29) is 24.7 Å². The van der Waals surface area contributed by atoms with Gasteiger partial charge in [0.1, 0.15) is 5.82 Å². The molecule has 0 aromatic heterocycles. The van der Waals surface area contributed by atoms with Crippen LogP contribution in [0.25, 0.3) is 0 Å². The van der Waals surface area contributed by atoms with Crippen LogP contribution < -0.4 is 5.32 Å². The highest BCUT2D eigenvalue weighted by Gasteiger charge is 2.20. The van der Waals surface area contributed by atoms with Crippen molar-refractivity contribution in [2.24, 2.45) is 0 Å². The molecule has 5 heteroatoms. The van der Waals surface area contributed by atoms with Crippen LogP contribution in [0.1, 0.15) is 18.9 Å². The molecule has 0 aliphatic rings. The summed E-state index contributed by atoms with van der Waals surface area (Å²) in [6, 6.07) is 5.90. The molecule has 0 saturated carbocycles. The number of aliphatic hydroxyl groups is 1. The lowest BCUT2D eigenvalue weighted by atomic mass is 10.0. The summed E-state index contributed by atoms with van der Waals surface area (Å²) in [6.07, 6.45) is 0.530. The predicted molar refractivity (Wildman–Crippen MR) is 70.2 cm³/mol. The summed E-state index contributed by atoms with van der Waals surface area (Å²) >= 11 is 0. The zero-order chi connectivity index (χ0) is 14.3. The van der Waals surface area contributed by atoms with Crippen molar-refractivity contribution in [3.8, 4) is 0 Å². The van der Waals surface area contributed by atoms with Gasteiger partial charge in [0.2, 0.25) is 5.91 Å². The van der Waals surface area contributed by atoms with Crippen LogP contribution in [0, 0.1) is 5.82 Å². The largest absolute Gasteiger partial charge is 0.388 e. The zero-order valence-corrected chi connectivity index (χ0v) is 11.3. The number of amides is 1. The predicted octanol–water partition coefficient (Wildman–Crippen LogP) is 1.27. The van der Waals surface area contributed by atoms with E-state index in [1.54, 1.807) is 26.2 Å². The minimum Gasteiger partial charge on any atom is -0.388 e. The lowest BCUT2D eigenvalue weighted by molar-refractivity contribution is -0.121. The van der Waals surface area contributed by atoms with E-state index in [0.717, 1.165) is 0 Å². The number of hydrogen-bond donors (Lipinski definition) is 2. The molecule has 0 aliphatic heterocycles. The van der Waals surface area contributed by atoms with Gasteiger partial charge in [-0.2, -0.15) is 0 Å². The standard InChI is InChI=1S/C14H20FNO3/c1-14(18,6-7-19-2)10-16-13(17)9-11-4-3-5-12(15)8-11/h3-5,8,18H,6-7,9-10H2,1-2H3,(H,16,17). The molecule has 0 aliphatic carbocycles. The highest BCUT2D eigenvalue weighted by Crippen LogP contribution is 2.08. The number of nitrogens with one attached hydrogen (secondary N) is 1. The molecule has 4 nitrogen and oxygen atoms in total. The summed E-state index contributed by atoms with van der Waals surface area (Å²) in [6.45, 7) is 2.20. The van der Waals surface area contributed by atoms with Gasteiger partial charge in [0.25, 0.3) is 0 Å². The number of rotatable bonds is 7. The third-order valence-corrected chi connectivity index (χ3v) is 2.76. The van der Waals surface area contributed by atoms with Gasteiger partial charge in [0.05, 0.1) is 12.0 Å². The molecule has 2 N–H and O–H groups in total.